The molecule has 0 saturated heterocycles. The lowest BCUT2D eigenvalue weighted by Gasteiger charge is -2.26. The number of amides is 2. The van der Waals surface area contributed by atoms with Crippen molar-refractivity contribution in [3.8, 4) is 0 Å². The SMILES string of the molecule is O=C(Nc1nc2c(s1)CN(C(=O)c1ccc(Br)cc1)CC2)c1ccco1. The van der Waals surface area contributed by atoms with Crippen molar-refractivity contribution < 1.29 is 14.0 Å². The van der Waals surface area contributed by atoms with E-state index in [0.717, 1.165) is 15.0 Å². The minimum absolute atomic E-state index is 0.00211. The molecule has 0 atom stereocenters. The third-order valence-electron chi connectivity index (χ3n) is 4.08. The molecule has 8 heteroatoms. The summed E-state index contributed by atoms with van der Waals surface area (Å²) in [6.45, 7) is 1.11. The lowest BCUT2D eigenvalue weighted by molar-refractivity contribution is 0.0736. The number of nitrogens with one attached hydrogen (secondary N) is 1. The average Bonchev–Trinajstić information content (AvgIpc) is 3.30. The Labute approximate surface area is 162 Å². The Bertz CT molecular complexity index is 951. The van der Waals surface area contributed by atoms with E-state index in [4.69, 9.17) is 4.42 Å². The molecular formula is C18H14BrN3O3S. The van der Waals surface area contributed by atoms with E-state index in [1.807, 2.05) is 29.2 Å². The number of carbonyl (C=O) groups is 2. The molecule has 1 aliphatic heterocycles. The van der Waals surface area contributed by atoms with Gasteiger partial charge in [-0.25, -0.2) is 4.98 Å². The monoisotopic (exact) mass is 431 g/mol. The van der Waals surface area contributed by atoms with Gasteiger partial charge in [0.1, 0.15) is 0 Å². The van der Waals surface area contributed by atoms with Crippen LogP contribution in [0, 0.1) is 0 Å². The molecule has 2 amide bonds. The van der Waals surface area contributed by atoms with Crippen LogP contribution in [-0.2, 0) is 13.0 Å². The van der Waals surface area contributed by atoms with Gasteiger partial charge in [-0.15, -0.1) is 0 Å². The maximum absolute atomic E-state index is 12.7. The van der Waals surface area contributed by atoms with Gasteiger partial charge >= 0.3 is 0 Å². The predicted octanol–water partition coefficient (Wildman–Crippen LogP) is 3.95. The Morgan fingerprint density at radius 2 is 2.04 bits per heavy atom. The number of furan rings is 1. The minimum Gasteiger partial charge on any atom is -0.459 e. The minimum atomic E-state index is -0.330. The maximum Gasteiger partial charge on any atom is 0.293 e. The molecule has 0 spiro atoms. The van der Waals surface area contributed by atoms with Crippen LogP contribution in [0.3, 0.4) is 0 Å². The first-order valence-corrected chi connectivity index (χ1v) is 9.59. The summed E-state index contributed by atoms with van der Waals surface area (Å²) in [6.07, 6.45) is 2.12. The molecule has 132 valence electrons. The Kier molecular flexibility index (Phi) is 4.60. The first-order valence-electron chi connectivity index (χ1n) is 7.98. The number of hydrogen-bond donors (Lipinski definition) is 1. The van der Waals surface area contributed by atoms with Crippen molar-refractivity contribution in [1.29, 1.82) is 0 Å². The van der Waals surface area contributed by atoms with E-state index in [1.165, 1.54) is 17.6 Å². The van der Waals surface area contributed by atoms with E-state index in [1.54, 1.807) is 12.1 Å². The number of halogens is 1. The van der Waals surface area contributed by atoms with Crippen LogP contribution in [0.1, 0.15) is 31.5 Å². The summed E-state index contributed by atoms with van der Waals surface area (Å²) < 4.78 is 6.02. The summed E-state index contributed by atoms with van der Waals surface area (Å²) in [7, 11) is 0. The molecule has 1 aliphatic rings. The van der Waals surface area contributed by atoms with Crippen LogP contribution in [-0.4, -0.2) is 28.2 Å². The Balaban J connectivity index is 1.47. The van der Waals surface area contributed by atoms with Gasteiger partial charge in [-0.3, -0.25) is 14.9 Å². The van der Waals surface area contributed by atoms with E-state index in [-0.39, 0.29) is 17.6 Å². The Morgan fingerprint density at radius 3 is 2.77 bits per heavy atom. The summed E-state index contributed by atoms with van der Waals surface area (Å²) in [5.41, 5.74) is 1.59. The van der Waals surface area contributed by atoms with E-state index in [0.29, 0.717) is 30.2 Å². The Hall–Kier alpha value is -2.45. The number of thiazole rings is 1. The highest BCUT2D eigenvalue weighted by Gasteiger charge is 2.25. The second kappa shape index (κ2) is 7.05. The smallest absolute Gasteiger partial charge is 0.293 e. The molecule has 3 aromatic rings. The van der Waals surface area contributed by atoms with Gasteiger partial charge in [0.15, 0.2) is 10.9 Å². The number of aromatic nitrogens is 1. The summed E-state index contributed by atoms with van der Waals surface area (Å²) in [5, 5.41) is 3.27. The fourth-order valence-corrected chi connectivity index (χ4v) is 4.05. The van der Waals surface area contributed by atoms with Crippen LogP contribution in [0.5, 0.6) is 0 Å². The standard InChI is InChI=1S/C18H14BrN3O3S/c19-12-5-3-11(4-6-12)17(24)22-8-7-13-15(10-22)26-18(20-13)21-16(23)14-2-1-9-25-14/h1-6,9H,7-8,10H2,(H,20,21,23). The van der Waals surface area contributed by atoms with Gasteiger partial charge in [0.25, 0.3) is 11.8 Å². The summed E-state index contributed by atoms with van der Waals surface area (Å²) >= 11 is 4.77. The first kappa shape index (κ1) is 17.0. The average molecular weight is 432 g/mol. The van der Waals surface area contributed by atoms with E-state index < -0.39 is 0 Å². The van der Waals surface area contributed by atoms with Crippen molar-refractivity contribution in [3.63, 3.8) is 0 Å². The molecule has 6 nitrogen and oxygen atoms in total. The normalized spacial score (nSPS) is 13.3. The molecule has 3 heterocycles. The van der Waals surface area contributed by atoms with E-state index in [2.05, 4.69) is 26.2 Å². The zero-order valence-electron chi connectivity index (χ0n) is 13.6. The molecule has 1 aromatic carbocycles. The zero-order valence-corrected chi connectivity index (χ0v) is 16.0. The van der Waals surface area contributed by atoms with Gasteiger partial charge in [0, 0.05) is 27.9 Å². The van der Waals surface area contributed by atoms with Crippen LogP contribution in [0.25, 0.3) is 0 Å². The molecule has 0 bridgehead atoms. The van der Waals surface area contributed by atoms with Crippen molar-refractivity contribution in [2.45, 2.75) is 13.0 Å². The van der Waals surface area contributed by atoms with Crippen LogP contribution in [0.4, 0.5) is 5.13 Å². The Morgan fingerprint density at radius 1 is 1.23 bits per heavy atom. The fourth-order valence-electron chi connectivity index (χ4n) is 2.76. The molecular weight excluding hydrogens is 418 g/mol. The van der Waals surface area contributed by atoms with Crippen molar-refractivity contribution >= 4 is 44.2 Å². The number of benzene rings is 1. The fraction of sp³-hybridized carbons (Fsp3) is 0.167. The second-order valence-electron chi connectivity index (χ2n) is 5.80. The predicted molar refractivity (Wildman–Crippen MR) is 101 cm³/mol. The summed E-state index contributed by atoms with van der Waals surface area (Å²) in [5.74, 6) is -0.0909. The third-order valence-corrected chi connectivity index (χ3v) is 5.60. The van der Waals surface area contributed by atoms with Gasteiger partial charge in [-0.2, -0.15) is 0 Å². The van der Waals surface area contributed by atoms with E-state index in [9.17, 15) is 9.59 Å². The van der Waals surface area contributed by atoms with Crippen molar-refractivity contribution in [1.82, 2.24) is 9.88 Å². The number of hydrogen-bond acceptors (Lipinski definition) is 5. The molecule has 0 saturated carbocycles. The van der Waals surface area contributed by atoms with Crippen molar-refractivity contribution in [2.24, 2.45) is 0 Å². The third kappa shape index (κ3) is 3.42. The maximum atomic E-state index is 12.7. The van der Waals surface area contributed by atoms with Crippen LogP contribution in [0.15, 0.2) is 51.6 Å². The quantitative estimate of drug-likeness (QED) is 0.680. The van der Waals surface area contributed by atoms with Crippen LogP contribution >= 0.6 is 27.3 Å². The number of anilines is 1. The van der Waals surface area contributed by atoms with Crippen molar-refractivity contribution in [3.05, 3.63) is 69.0 Å². The highest BCUT2D eigenvalue weighted by molar-refractivity contribution is 9.10. The lowest BCUT2D eigenvalue weighted by atomic mass is 10.1. The molecule has 2 aromatic heterocycles. The number of nitrogens with zero attached hydrogens (tertiary/aromatic N) is 2. The van der Waals surface area contributed by atoms with Gasteiger partial charge in [-0.1, -0.05) is 27.3 Å². The van der Waals surface area contributed by atoms with Gasteiger partial charge in [-0.05, 0) is 36.4 Å². The van der Waals surface area contributed by atoms with Gasteiger partial charge in [0.05, 0.1) is 18.5 Å². The molecule has 4 rings (SSSR count). The molecule has 0 radical (unpaired) electrons. The number of fused-ring (bicyclic) bond motifs is 1. The lowest BCUT2D eigenvalue weighted by Crippen LogP contribution is -2.35. The first-order chi connectivity index (χ1) is 12.6. The molecule has 0 fully saturated rings. The van der Waals surface area contributed by atoms with E-state index >= 15 is 0 Å². The number of carbonyl (C=O) groups excluding carboxylic acids is 2. The highest BCUT2D eigenvalue weighted by atomic mass is 79.9. The largest absolute Gasteiger partial charge is 0.459 e. The highest BCUT2D eigenvalue weighted by Crippen LogP contribution is 2.29. The zero-order chi connectivity index (χ0) is 18.1. The van der Waals surface area contributed by atoms with Gasteiger partial charge in [0.2, 0.25) is 0 Å². The van der Waals surface area contributed by atoms with Crippen LogP contribution in [0.2, 0.25) is 0 Å². The van der Waals surface area contributed by atoms with Crippen molar-refractivity contribution in [2.75, 3.05) is 11.9 Å². The molecule has 26 heavy (non-hydrogen) atoms. The molecule has 1 N–H and O–H groups in total. The molecule has 0 unspecified atom stereocenters. The van der Waals surface area contributed by atoms with Gasteiger partial charge < -0.3 is 9.32 Å². The molecule has 0 aliphatic carbocycles. The second-order valence-corrected chi connectivity index (χ2v) is 7.80. The summed E-state index contributed by atoms with van der Waals surface area (Å²) in [4.78, 5) is 32.0. The topological polar surface area (TPSA) is 75.4 Å². The summed E-state index contributed by atoms with van der Waals surface area (Å²) in [6, 6.07) is 10.6. The van der Waals surface area contributed by atoms with Crippen LogP contribution < -0.4 is 5.32 Å². The number of rotatable bonds is 3.